The average Bonchev–Trinajstić information content (AvgIpc) is 2.93. The van der Waals surface area contributed by atoms with Crippen LogP contribution in [0.25, 0.3) is 0 Å². The van der Waals surface area contributed by atoms with E-state index in [2.05, 4.69) is 20.7 Å². The molecule has 0 bridgehead atoms. The number of hydrogen-bond donors (Lipinski definition) is 3. The predicted octanol–water partition coefficient (Wildman–Crippen LogP) is 2.31. The minimum atomic E-state index is -0.433. The van der Waals surface area contributed by atoms with Crippen molar-refractivity contribution in [3.63, 3.8) is 0 Å². The van der Waals surface area contributed by atoms with Crippen LogP contribution in [0.2, 0.25) is 0 Å². The van der Waals surface area contributed by atoms with Crippen molar-refractivity contribution in [2.24, 2.45) is 10.8 Å². The van der Waals surface area contributed by atoms with Crippen LogP contribution in [-0.4, -0.2) is 10.9 Å². The lowest BCUT2D eigenvalue weighted by Crippen LogP contribution is -2.38. The lowest BCUT2D eigenvalue weighted by atomic mass is 10.1. The molecule has 0 aliphatic rings. The highest BCUT2D eigenvalue weighted by Crippen LogP contribution is 2.26. The lowest BCUT2D eigenvalue weighted by Gasteiger charge is -2.19. The molecule has 0 radical (unpaired) electrons. The summed E-state index contributed by atoms with van der Waals surface area (Å²) in [5.41, 5.74) is 3.08. The van der Waals surface area contributed by atoms with Gasteiger partial charge in [-0.2, -0.15) is 0 Å². The molecule has 0 unspecified atom stereocenters. The maximum atomic E-state index is 5.52. The Balaban J connectivity index is 2.19. The number of aliphatic imine (C=N–C) groups is 1. The van der Waals surface area contributed by atoms with Crippen LogP contribution < -0.4 is 16.6 Å². The molecule has 100 valence electrons. The molecule has 2 rings (SSSR count). The van der Waals surface area contributed by atoms with Gasteiger partial charge in [-0.25, -0.2) is 15.8 Å². The molecule has 2 aromatic rings. The van der Waals surface area contributed by atoms with E-state index < -0.39 is 5.54 Å². The molecule has 5 nitrogen and oxygen atoms in total. The van der Waals surface area contributed by atoms with Gasteiger partial charge in [0.2, 0.25) is 5.96 Å². The standard InChI is InChI=1S/C13H17N5S/c1-13(2,11-15-8-9-19-11)17-12(18-14)16-10-6-4-3-5-7-10/h3-9H,14H2,1-2H3,(H2,16,17,18). The minimum absolute atomic E-state index is 0.433. The quantitative estimate of drug-likeness (QED) is 0.348. The van der Waals surface area contributed by atoms with E-state index in [9.17, 15) is 0 Å². The highest BCUT2D eigenvalue weighted by Gasteiger charge is 2.23. The van der Waals surface area contributed by atoms with Crippen LogP contribution in [0, 0.1) is 0 Å². The van der Waals surface area contributed by atoms with E-state index in [1.165, 1.54) is 0 Å². The first-order valence-corrected chi connectivity index (χ1v) is 6.78. The Bertz CT molecular complexity index is 533. The Kier molecular flexibility index (Phi) is 4.13. The summed E-state index contributed by atoms with van der Waals surface area (Å²) in [6.07, 6.45) is 1.78. The summed E-state index contributed by atoms with van der Waals surface area (Å²) in [6.45, 7) is 3.99. The van der Waals surface area contributed by atoms with Crippen LogP contribution in [-0.2, 0) is 5.54 Å². The molecule has 0 saturated heterocycles. The summed E-state index contributed by atoms with van der Waals surface area (Å²) in [4.78, 5) is 8.88. The number of hydrogen-bond acceptors (Lipinski definition) is 4. The van der Waals surface area contributed by atoms with E-state index in [1.807, 2.05) is 49.6 Å². The van der Waals surface area contributed by atoms with Crippen LogP contribution >= 0.6 is 11.3 Å². The van der Waals surface area contributed by atoms with Crippen molar-refractivity contribution in [1.29, 1.82) is 0 Å². The van der Waals surface area contributed by atoms with Crippen LogP contribution in [0.5, 0.6) is 0 Å². The van der Waals surface area contributed by atoms with E-state index in [1.54, 1.807) is 17.5 Å². The second-order valence-corrected chi connectivity index (χ2v) is 5.39. The number of nitrogens with zero attached hydrogens (tertiary/aromatic N) is 2. The van der Waals surface area contributed by atoms with Crippen molar-refractivity contribution in [3.8, 4) is 0 Å². The fourth-order valence-electron chi connectivity index (χ4n) is 1.61. The number of hydrazine groups is 1. The van der Waals surface area contributed by atoms with E-state index in [-0.39, 0.29) is 0 Å². The first-order chi connectivity index (χ1) is 9.12. The zero-order valence-electron chi connectivity index (χ0n) is 10.9. The Hall–Kier alpha value is -1.92. The van der Waals surface area contributed by atoms with E-state index in [0.29, 0.717) is 5.96 Å². The van der Waals surface area contributed by atoms with Crippen molar-refractivity contribution in [2.75, 3.05) is 5.32 Å². The zero-order valence-corrected chi connectivity index (χ0v) is 11.7. The summed E-state index contributed by atoms with van der Waals surface area (Å²) >= 11 is 1.57. The molecular formula is C13H17N5S. The first kappa shape index (κ1) is 13.5. The molecule has 6 heteroatoms. The van der Waals surface area contributed by atoms with Gasteiger partial charge in [-0.05, 0) is 26.0 Å². The van der Waals surface area contributed by atoms with Gasteiger partial charge in [-0.1, -0.05) is 18.2 Å². The maximum Gasteiger partial charge on any atom is 0.211 e. The van der Waals surface area contributed by atoms with Gasteiger partial charge in [-0.15, -0.1) is 11.3 Å². The number of benzene rings is 1. The van der Waals surface area contributed by atoms with Crippen molar-refractivity contribution >= 4 is 23.0 Å². The van der Waals surface area contributed by atoms with Gasteiger partial charge in [0.05, 0.1) is 0 Å². The predicted molar refractivity (Wildman–Crippen MR) is 80.0 cm³/mol. The zero-order chi connectivity index (χ0) is 13.7. The third kappa shape index (κ3) is 3.52. The van der Waals surface area contributed by atoms with Crippen molar-refractivity contribution in [3.05, 3.63) is 46.9 Å². The third-order valence-corrected chi connectivity index (χ3v) is 3.61. The normalized spacial score (nSPS) is 12.3. The monoisotopic (exact) mass is 275 g/mol. The SMILES string of the molecule is CC(C)(N=C(NN)Nc1ccccc1)c1nccs1. The molecule has 0 fully saturated rings. The molecule has 1 aromatic heterocycles. The van der Waals surface area contributed by atoms with E-state index in [0.717, 1.165) is 10.7 Å². The van der Waals surface area contributed by atoms with Gasteiger partial charge >= 0.3 is 0 Å². The third-order valence-electron chi connectivity index (χ3n) is 2.52. The fourth-order valence-corrected chi connectivity index (χ4v) is 2.31. The largest absolute Gasteiger partial charge is 0.325 e. The highest BCUT2D eigenvalue weighted by molar-refractivity contribution is 7.09. The van der Waals surface area contributed by atoms with E-state index in [4.69, 9.17) is 5.84 Å². The van der Waals surface area contributed by atoms with Crippen molar-refractivity contribution < 1.29 is 0 Å². The van der Waals surface area contributed by atoms with Crippen LogP contribution in [0.4, 0.5) is 5.69 Å². The maximum absolute atomic E-state index is 5.52. The summed E-state index contributed by atoms with van der Waals surface area (Å²) in [7, 11) is 0. The summed E-state index contributed by atoms with van der Waals surface area (Å²) in [5, 5.41) is 6.01. The summed E-state index contributed by atoms with van der Waals surface area (Å²) in [5.74, 6) is 6.03. The lowest BCUT2D eigenvalue weighted by molar-refractivity contribution is 0.550. The van der Waals surface area contributed by atoms with Crippen molar-refractivity contribution in [2.45, 2.75) is 19.4 Å². The molecule has 0 atom stereocenters. The molecule has 0 aliphatic carbocycles. The average molecular weight is 275 g/mol. The molecule has 19 heavy (non-hydrogen) atoms. The van der Waals surface area contributed by atoms with Crippen LogP contribution in [0.1, 0.15) is 18.9 Å². The van der Waals surface area contributed by atoms with Gasteiger partial charge in [0.25, 0.3) is 0 Å². The van der Waals surface area contributed by atoms with Gasteiger partial charge in [0, 0.05) is 17.3 Å². The molecule has 0 saturated carbocycles. The second-order valence-electron chi connectivity index (χ2n) is 4.49. The summed E-state index contributed by atoms with van der Waals surface area (Å²) in [6, 6.07) is 9.74. The highest BCUT2D eigenvalue weighted by atomic mass is 32.1. The topological polar surface area (TPSA) is 75.3 Å². The number of rotatable bonds is 3. The van der Waals surface area contributed by atoms with Gasteiger partial charge in [-0.3, -0.25) is 5.43 Å². The fraction of sp³-hybridized carbons (Fsp3) is 0.231. The van der Waals surface area contributed by atoms with Gasteiger partial charge in [0.1, 0.15) is 10.5 Å². The van der Waals surface area contributed by atoms with Crippen LogP contribution in [0.15, 0.2) is 46.9 Å². The second kappa shape index (κ2) is 5.81. The number of aromatic nitrogens is 1. The minimum Gasteiger partial charge on any atom is -0.325 e. The Morgan fingerprint density at radius 3 is 2.63 bits per heavy atom. The molecule has 0 amide bonds. The molecule has 1 aromatic carbocycles. The number of thiazole rings is 1. The molecule has 4 N–H and O–H groups in total. The number of nitrogens with one attached hydrogen (secondary N) is 2. The number of anilines is 1. The number of nitrogens with two attached hydrogens (primary N) is 1. The summed E-state index contributed by atoms with van der Waals surface area (Å²) < 4.78 is 0. The number of guanidine groups is 1. The Morgan fingerprint density at radius 1 is 1.32 bits per heavy atom. The smallest absolute Gasteiger partial charge is 0.211 e. The van der Waals surface area contributed by atoms with E-state index >= 15 is 0 Å². The van der Waals surface area contributed by atoms with Gasteiger partial charge in [0.15, 0.2) is 0 Å². The molecule has 0 aliphatic heterocycles. The Labute approximate surface area is 116 Å². The van der Waals surface area contributed by atoms with Crippen LogP contribution in [0.3, 0.4) is 0 Å². The van der Waals surface area contributed by atoms with Gasteiger partial charge < -0.3 is 5.32 Å². The van der Waals surface area contributed by atoms with Crippen molar-refractivity contribution in [1.82, 2.24) is 10.4 Å². The number of para-hydroxylation sites is 1. The molecular weight excluding hydrogens is 258 g/mol. The Morgan fingerprint density at radius 2 is 2.05 bits per heavy atom. The molecule has 0 spiro atoms. The molecule has 1 heterocycles. The first-order valence-electron chi connectivity index (χ1n) is 5.90.